The van der Waals surface area contributed by atoms with Crippen LogP contribution in [0.25, 0.3) is 21.9 Å². The molecule has 0 saturated carbocycles. The molecule has 0 aliphatic rings. The number of aromatic nitrogens is 1. The molecule has 0 aliphatic heterocycles. The highest BCUT2D eigenvalue weighted by molar-refractivity contribution is 6.31. The third-order valence-corrected chi connectivity index (χ3v) is 5.32. The number of benzene rings is 2. The maximum absolute atomic E-state index is 12.4. The van der Waals surface area contributed by atoms with E-state index in [1.54, 1.807) is 36.5 Å². The smallest absolute Gasteiger partial charge is 0.371 e. The van der Waals surface area contributed by atoms with Gasteiger partial charge in [0, 0.05) is 33.1 Å². The molecule has 0 unspecified atom stereocenters. The van der Waals surface area contributed by atoms with Gasteiger partial charge in [0.25, 0.3) is 0 Å². The molecule has 0 spiro atoms. The van der Waals surface area contributed by atoms with Crippen molar-refractivity contribution in [2.24, 2.45) is 5.10 Å². The first-order valence-corrected chi connectivity index (χ1v) is 10.3. The van der Waals surface area contributed by atoms with Crippen LogP contribution in [-0.2, 0) is 6.54 Å². The van der Waals surface area contributed by atoms with E-state index in [0.717, 1.165) is 21.9 Å². The van der Waals surface area contributed by atoms with Gasteiger partial charge in [0.05, 0.1) is 12.8 Å². The summed E-state index contributed by atoms with van der Waals surface area (Å²) in [4.78, 5) is 23.5. The lowest BCUT2D eigenvalue weighted by Gasteiger charge is -2.02. The van der Waals surface area contributed by atoms with Gasteiger partial charge in [-0.15, -0.1) is 0 Å². The molecule has 0 saturated heterocycles. The lowest BCUT2D eigenvalue weighted by molar-refractivity contribution is 0.0660. The third kappa shape index (κ3) is 4.11. The number of halogens is 1. The van der Waals surface area contributed by atoms with Crippen LogP contribution in [0.2, 0.25) is 5.02 Å². The number of para-hydroxylation sites is 1. The lowest BCUT2D eigenvalue weighted by atomic mass is 10.2. The summed E-state index contributed by atoms with van der Waals surface area (Å²) in [6, 6.07) is 17.4. The number of carboxylic acid groups (broad SMARTS) is 1. The summed E-state index contributed by atoms with van der Waals surface area (Å²) < 4.78 is 12.8. The van der Waals surface area contributed by atoms with E-state index in [9.17, 15) is 9.59 Å². The van der Waals surface area contributed by atoms with Crippen LogP contribution >= 0.6 is 11.6 Å². The molecular formula is C24H16ClN3O5. The van der Waals surface area contributed by atoms with Gasteiger partial charge in [-0.05, 0) is 42.5 Å². The first-order valence-electron chi connectivity index (χ1n) is 9.90. The first kappa shape index (κ1) is 20.6. The maximum Gasteiger partial charge on any atom is 0.371 e. The van der Waals surface area contributed by atoms with Gasteiger partial charge in [-0.25, -0.2) is 10.2 Å². The second-order valence-electron chi connectivity index (χ2n) is 7.29. The summed E-state index contributed by atoms with van der Waals surface area (Å²) in [5, 5.41) is 15.3. The van der Waals surface area contributed by atoms with E-state index in [2.05, 4.69) is 10.5 Å². The minimum absolute atomic E-state index is 0.112. The second kappa shape index (κ2) is 8.33. The fourth-order valence-corrected chi connectivity index (χ4v) is 3.78. The third-order valence-electron chi connectivity index (χ3n) is 5.09. The van der Waals surface area contributed by atoms with Crippen LogP contribution in [0.5, 0.6) is 0 Å². The van der Waals surface area contributed by atoms with E-state index in [1.807, 2.05) is 35.0 Å². The average molecular weight is 462 g/mol. The lowest BCUT2D eigenvalue weighted by Crippen LogP contribution is -2.16. The first-order chi connectivity index (χ1) is 16.0. The Morgan fingerprint density at radius 1 is 1.06 bits per heavy atom. The molecular weight excluding hydrogens is 446 g/mol. The average Bonchev–Trinajstić information content (AvgIpc) is 3.52. The zero-order chi connectivity index (χ0) is 22.9. The standard InChI is InChI=1S/C24H16ClN3O5/c25-16-5-7-20-14(9-16)10-22(33-20)23(29)27-26-11-15-12-28(19-4-2-1-3-18(15)19)13-17-6-8-21(32-17)24(30)31/h1-12H,13H2,(H,27,29)(H,30,31). The van der Waals surface area contributed by atoms with Crippen molar-refractivity contribution < 1.29 is 23.5 Å². The van der Waals surface area contributed by atoms with E-state index in [4.69, 9.17) is 25.5 Å². The number of rotatable bonds is 6. The molecule has 164 valence electrons. The molecule has 0 aliphatic carbocycles. The number of aromatic carboxylic acids is 1. The van der Waals surface area contributed by atoms with Crippen LogP contribution in [0, 0.1) is 0 Å². The molecule has 9 heteroatoms. The minimum Gasteiger partial charge on any atom is -0.475 e. The zero-order valence-corrected chi connectivity index (χ0v) is 17.7. The van der Waals surface area contributed by atoms with Crippen LogP contribution in [-0.4, -0.2) is 27.8 Å². The molecule has 0 fully saturated rings. The summed E-state index contributed by atoms with van der Waals surface area (Å²) >= 11 is 5.98. The Bertz CT molecular complexity index is 1540. The van der Waals surface area contributed by atoms with Crippen molar-refractivity contribution in [3.05, 3.63) is 94.7 Å². The van der Waals surface area contributed by atoms with Crippen LogP contribution in [0.1, 0.15) is 32.4 Å². The number of hydrogen-bond donors (Lipinski definition) is 2. The van der Waals surface area contributed by atoms with Crippen LogP contribution in [0.3, 0.4) is 0 Å². The van der Waals surface area contributed by atoms with Crippen molar-refractivity contribution in [3.8, 4) is 0 Å². The maximum atomic E-state index is 12.4. The fourth-order valence-electron chi connectivity index (χ4n) is 3.60. The van der Waals surface area contributed by atoms with Gasteiger partial charge in [-0.1, -0.05) is 29.8 Å². The van der Waals surface area contributed by atoms with Crippen molar-refractivity contribution in [1.29, 1.82) is 0 Å². The molecule has 0 atom stereocenters. The Balaban J connectivity index is 1.36. The Labute approximate surface area is 191 Å². The predicted molar refractivity (Wildman–Crippen MR) is 123 cm³/mol. The van der Waals surface area contributed by atoms with E-state index in [0.29, 0.717) is 22.9 Å². The van der Waals surface area contributed by atoms with Crippen molar-refractivity contribution in [1.82, 2.24) is 9.99 Å². The van der Waals surface area contributed by atoms with E-state index in [1.165, 1.54) is 6.07 Å². The number of hydrogen-bond acceptors (Lipinski definition) is 5. The van der Waals surface area contributed by atoms with Gasteiger partial charge in [-0.2, -0.15) is 5.10 Å². The van der Waals surface area contributed by atoms with Crippen LogP contribution in [0.4, 0.5) is 0 Å². The summed E-state index contributed by atoms with van der Waals surface area (Å²) in [5.41, 5.74) is 4.71. The quantitative estimate of drug-likeness (QED) is 0.268. The van der Waals surface area contributed by atoms with Gasteiger partial charge in [0.15, 0.2) is 5.76 Å². The van der Waals surface area contributed by atoms with E-state index < -0.39 is 11.9 Å². The molecule has 33 heavy (non-hydrogen) atoms. The zero-order valence-electron chi connectivity index (χ0n) is 17.0. The van der Waals surface area contributed by atoms with Gasteiger partial charge in [-0.3, -0.25) is 4.79 Å². The molecule has 2 N–H and O–H groups in total. The number of nitrogens with one attached hydrogen (secondary N) is 1. The molecule has 3 heterocycles. The molecule has 1 amide bonds. The molecule has 5 rings (SSSR count). The number of furan rings is 2. The molecule has 2 aromatic carbocycles. The van der Waals surface area contributed by atoms with Crippen LogP contribution < -0.4 is 5.43 Å². The van der Waals surface area contributed by atoms with Gasteiger partial charge >= 0.3 is 11.9 Å². The molecule has 3 aromatic heterocycles. The van der Waals surface area contributed by atoms with Crippen molar-refractivity contribution in [2.45, 2.75) is 6.54 Å². The predicted octanol–water partition coefficient (Wildman–Crippen LogP) is 5.14. The van der Waals surface area contributed by atoms with Crippen molar-refractivity contribution in [2.75, 3.05) is 0 Å². The number of carboxylic acids is 1. The number of amides is 1. The van der Waals surface area contributed by atoms with Crippen molar-refractivity contribution >= 4 is 51.6 Å². The normalized spacial score (nSPS) is 11.5. The largest absolute Gasteiger partial charge is 0.475 e. The van der Waals surface area contributed by atoms with Gasteiger partial charge in [0.1, 0.15) is 11.3 Å². The number of fused-ring (bicyclic) bond motifs is 2. The van der Waals surface area contributed by atoms with Gasteiger partial charge < -0.3 is 18.5 Å². The van der Waals surface area contributed by atoms with E-state index >= 15 is 0 Å². The summed E-state index contributed by atoms with van der Waals surface area (Å²) in [6.45, 7) is 0.343. The molecule has 8 nitrogen and oxygen atoms in total. The van der Waals surface area contributed by atoms with E-state index in [-0.39, 0.29) is 11.5 Å². The SMILES string of the molecule is O=C(O)c1ccc(Cn2cc(C=NNC(=O)c3cc4cc(Cl)ccc4o3)c3ccccc32)o1. The molecule has 5 aromatic rings. The summed E-state index contributed by atoms with van der Waals surface area (Å²) in [7, 11) is 0. The highest BCUT2D eigenvalue weighted by Crippen LogP contribution is 2.24. The Morgan fingerprint density at radius 2 is 1.91 bits per heavy atom. The Hall–Kier alpha value is -4.30. The highest BCUT2D eigenvalue weighted by atomic mass is 35.5. The summed E-state index contributed by atoms with van der Waals surface area (Å²) in [6.07, 6.45) is 3.40. The monoisotopic (exact) mass is 461 g/mol. The number of nitrogens with zero attached hydrogens (tertiary/aromatic N) is 2. The van der Waals surface area contributed by atoms with Crippen LogP contribution in [0.15, 0.2) is 80.8 Å². The summed E-state index contributed by atoms with van der Waals surface area (Å²) in [5.74, 6) is -1.08. The highest BCUT2D eigenvalue weighted by Gasteiger charge is 2.14. The number of carbonyl (C=O) groups is 2. The Kier molecular flexibility index (Phi) is 5.20. The molecule has 0 radical (unpaired) electrons. The fraction of sp³-hybridized carbons (Fsp3) is 0.0417. The minimum atomic E-state index is -1.12. The second-order valence-corrected chi connectivity index (χ2v) is 7.73. The number of carbonyl (C=O) groups excluding carboxylic acids is 1. The molecule has 0 bridgehead atoms. The van der Waals surface area contributed by atoms with Gasteiger partial charge in [0.2, 0.25) is 5.76 Å². The topological polar surface area (TPSA) is 110 Å². The Morgan fingerprint density at radius 3 is 2.73 bits per heavy atom. The van der Waals surface area contributed by atoms with Crippen molar-refractivity contribution in [3.63, 3.8) is 0 Å². The number of hydrazone groups is 1.